The van der Waals surface area contributed by atoms with E-state index in [9.17, 15) is 4.79 Å². The fourth-order valence-corrected chi connectivity index (χ4v) is 4.33. The third kappa shape index (κ3) is 3.79. The van der Waals surface area contributed by atoms with Gasteiger partial charge in [-0.1, -0.05) is 30.3 Å². The molecule has 2 aromatic rings. The van der Waals surface area contributed by atoms with Gasteiger partial charge in [0.05, 0.1) is 5.56 Å². The van der Waals surface area contributed by atoms with E-state index in [1.807, 2.05) is 17.0 Å². The third-order valence-corrected chi connectivity index (χ3v) is 5.64. The first kappa shape index (κ1) is 17.2. The molecule has 2 aliphatic rings. The molecule has 2 aliphatic heterocycles. The van der Waals surface area contributed by atoms with E-state index in [1.165, 1.54) is 12.0 Å². The van der Waals surface area contributed by atoms with Crippen LogP contribution in [0.3, 0.4) is 0 Å². The first-order chi connectivity index (χ1) is 12.8. The maximum atomic E-state index is 12.8. The number of aromatic nitrogens is 1. The second kappa shape index (κ2) is 7.98. The number of hydrogen-bond acceptors (Lipinski definition) is 4. The largest absolute Gasteiger partial charge is 0.338 e. The molecule has 3 unspecified atom stereocenters. The highest BCUT2D eigenvalue weighted by Gasteiger charge is 2.36. The molecule has 5 nitrogen and oxygen atoms in total. The van der Waals surface area contributed by atoms with Crippen molar-refractivity contribution in [3.8, 4) is 0 Å². The van der Waals surface area contributed by atoms with Gasteiger partial charge in [0.25, 0.3) is 5.91 Å². The van der Waals surface area contributed by atoms with Crippen LogP contribution in [0.4, 0.5) is 0 Å². The van der Waals surface area contributed by atoms with E-state index in [0.29, 0.717) is 23.4 Å². The summed E-state index contributed by atoms with van der Waals surface area (Å²) in [5, 5.41) is 0. The molecule has 0 spiro atoms. The van der Waals surface area contributed by atoms with E-state index in [-0.39, 0.29) is 5.91 Å². The van der Waals surface area contributed by atoms with Crippen LogP contribution in [0.5, 0.6) is 0 Å². The average molecular weight is 350 g/mol. The molecule has 0 bridgehead atoms. The summed E-state index contributed by atoms with van der Waals surface area (Å²) in [6, 6.07) is 14.8. The Hall–Kier alpha value is -2.24. The van der Waals surface area contributed by atoms with Gasteiger partial charge in [-0.15, -0.1) is 0 Å². The molecule has 1 aromatic heterocycles. The molecule has 1 amide bonds. The Bertz CT molecular complexity index is 721. The van der Waals surface area contributed by atoms with Crippen LogP contribution in [0, 0.1) is 11.8 Å². The van der Waals surface area contributed by atoms with Gasteiger partial charge in [0.15, 0.2) is 0 Å². The smallest absolute Gasteiger partial charge is 0.255 e. The second-order valence-electron chi connectivity index (χ2n) is 7.40. The quantitative estimate of drug-likeness (QED) is 0.888. The molecule has 0 aliphatic carbocycles. The maximum Gasteiger partial charge on any atom is 0.255 e. The normalized spacial score (nSPS) is 26.0. The van der Waals surface area contributed by atoms with Crippen LogP contribution in [-0.4, -0.2) is 41.5 Å². The first-order valence-corrected chi connectivity index (χ1v) is 9.53. The van der Waals surface area contributed by atoms with E-state index in [2.05, 4.69) is 46.2 Å². The van der Waals surface area contributed by atoms with Crippen LogP contribution in [-0.2, 0) is 6.42 Å². The molecule has 4 rings (SSSR count). The number of pyridine rings is 1. The van der Waals surface area contributed by atoms with Gasteiger partial charge in [0.2, 0.25) is 0 Å². The van der Waals surface area contributed by atoms with Crippen molar-refractivity contribution in [1.29, 1.82) is 0 Å². The van der Waals surface area contributed by atoms with Gasteiger partial charge in [0, 0.05) is 38.1 Å². The van der Waals surface area contributed by atoms with Gasteiger partial charge in [-0.25, -0.2) is 0 Å². The van der Waals surface area contributed by atoms with Crippen molar-refractivity contribution in [2.75, 3.05) is 19.6 Å². The topological polar surface area (TPSA) is 57.3 Å². The molecule has 0 saturated carbocycles. The Morgan fingerprint density at radius 1 is 1.19 bits per heavy atom. The number of hydrogen-bond donors (Lipinski definition) is 2. The third-order valence-electron chi connectivity index (χ3n) is 5.64. The molecule has 136 valence electrons. The van der Waals surface area contributed by atoms with Crippen molar-refractivity contribution in [2.24, 2.45) is 11.8 Å². The molecule has 3 heterocycles. The number of hydrazine groups is 1. The van der Waals surface area contributed by atoms with Crippen molar-refractivity contribution in [1.82, 2.24) is 20.7 Å². The number of amides is 1. The molecule has 2 N–H and O–H groups in total. The lowest BCUT2D eigenvalue weighted by atomic mass is 9.81. The van der Waals surface area contributed by atoms with E-state index in [1.54, 1.807) is 12.4 Å². The van der Waals surface area contributed by atoms with Gasteiger partial charge in [-0.2, -0.15) is 0 Å². The predicted octanol–water partition coefficient (Wildman–Crippen LogP) is 2.27. The Morgan fingerprint density at radius 3 is 2.88 bits per heavy atom. The minimum absolute atomic E-state index is 0.105. The van der Waals surface area contributed by atoms with E-state index in [4.69, 9.17) is 0 Å². The van der Waals surface area contributed by atoms with Crippen LogP contribution < -0.4 is 10.9 Å². The molecule has 0 radical (unpaired) electrons. The van der Waals surface area contributed by atoms with Gasteiger partial charge < -0.3 is 4.90 Å². The molecular formula is C21H26N4O. The van der Waals surface area contributed by atoms with Gasteiger partial charge in [0.1, 0.15) is 0 Å². The van der Waals surface area contributed by atoms with Crippen LogP contribution in [0.2, 0.25) is 0 Å². The molecular weight excluding hydrogens is 324 g/mol. The monoisotopic (exact) mass is 350 g/mol. The Labute approximate surface area is 154 Å². The van der Waals surface area contributed by atoms with Crippen molar-refractivity contribution in [3.63, 3.8) is 0 Å². The zero-order chi connectivity index (χ0) is 17.8. The molecule has 5 heteroatoms. The van der Waals surface area contributed by atoms with Gasteiger partial charge in [-0.05, 0) is 48.8 Å². The summed E-state index contributed by atoms with van der Waals surface area (Å²) in [6.45, 7) is 2.64. The number of benzene rings is 1. The maximum absolute atomic E-state index is 12.8. The summed E-state index contributed by atoms with van der Waals surface area (Å²) >= 11 is 0. The van der Waals surface area contributed by atoms with Crippen molar-refractivity contribution in [3.05, 3.63) is 66.0 Å². The molecule has 2 saturated heterocycles. The highest BCUT2D eigenvalue weighted by Crippen LogP contribution is 2.28. The van der Waals surface area contributed by atoms with E-state index in [0.717, 1.165) is 32.5 Å². The van der Waals surface area contributed by atoms with Crippen molar-refractivity contribution < 1.29 is 4.79 Å². The summed E-state index contributed by atoms with van der Waals surface area (Å²) in [5.41, 5.74) is 8.92. The van der Waals surface area contributed by atoms with Crippen LogP contribution in [0.1, 0.15) is 28.8 Å². The standard InChI is InChI=1S/C21H26N4O/c26-21(17-8-4-10-22-13-17)25-11-5-9-18(15-25)20-19(14-23-24-20)12-16-6-2-1-3-7-16/h1-4,6-8,10,13,18-20,23-24H,5,9,11-12,14-15H2. The van der Waals surface area contributed by atoms with Crippen molar-refractivity contribution in [2.45, 2.75) is 25.3 Å². The SMILES string of the molecule is O=C(c1cccnc1)N1CCCC(C2NNCC2Cc2ccccc2)C1. The van der Waals surface area contributed by atoms with Gasteiger partial charge >= 0.3 is 0 Å². The predicted molar refractivity (Wildman–Crippen MR) is 101 cm³/mol. The van der Waals surface area contributed by atoms with Crippen LogP contribution in [0.25, 0.3) is 0 Å². The lowest BCUT2D eigenvalue weighted by molar-refractivity contribution is 0.0634. The number of carbonyl (C=O) groups excluding carboxylic acids is 1. The lowest BCUT2D eigenvalue weighted by Gasteiger charge is -2.37. The number of nitrogens with one attached hydrogen (secondary N) is 2. The molecule has 3 atom stereocenters. The minimum atomic E-state index is 0.105. The summed E-state index contributed by atoms with van der Waals surface area (Å²) in [7, 11) is 0. The summed E-state index contributed by atoms with van der Waals surface area (Å²) in [6.07, 6.45) is 6.67. The van der Waals surface area contributed by atoms with Crippen LogP contribution in [0.15, 0.2) is 54.9 Å². The molecule has 1 aromatic carbocycles. The fraction of sp³-hybridized carbons (Fsp3) is 0.429. The average Bonchev–Trinajstić information content (AvgIpc) is 3.17. The van der Waals surface area contributed by atoms with E-state index >= 15 is 0 Å². The number of rotatable bonds is 4. The second-order valence-corrected chi connectivity index (χ2v) is 7.40. The summed E-state index contributed by atoms with van der Waals surface area (Å²) in [4.78, 5) is 18.9. The Balaban J connectivity index is 1.42. The lowest BCUT2D eigenvalue weighted by Crippen LogP contribution is -2.48. The highest BCUT2D eigenvalue weighted by molar-refractivity contribution is 5.93. The summed E-state index contributed by atoms with van der Waals surface area (Å²) < 4.78 is 0. The van der Waals surface area contributed by atoms with Gasteiger partial charge in [-0.3, -0.25) is 20.6 Å². The highest BCUT2D eigenvalue weighted by atomic mass is 16.2. The molecule has 26 heavy (non-hydrogen) atoms. The Morgan fingerprint density at radius 2 is 2.08 bits per heavy atom. The van der Waals surface area contributed by atoms with Crippen LogP contribution >= 0.6 is 0 Å². The summed E-state index contributed by atoms with van der Waals surface area (Å²) in [5.74, 6) is 1.14. The fourth-order valence-electron chi connectivity index (χ4n) is 4.33. The number of likely N-dealkylation sites (tertiary alicyclic amines) is 1. The zero-order valence-corrected chi connectivity index (χ0v) is 15.0. The minimum Gasteiger partial charge on any atom is -0.338 e. The first-order valence-electron chi connectivity index (χ1n) is 9.53. The number of carbonyl (C=O) groups is 1. The number of piperidine rings is 1. The molecule has 2 fully saturated rings. The van der Waals surface area contributed by atoms with Crippen molar-refractivity contribution >= 4 is 5.91 Å². The van der Waals surface area contributed by atoms with E-state index < -0.39 is 0 Å². The Kier molecular flexibility index (Phi) is 5.27. The zero-order valence-electron chi connectivity index (χ0n) is 15.0. The number of nitrogens with zero attached hydrogens (tertiary/aromatic N) is 2.